The van der Waals surface area contributed by atoms with E-state index in [1.54, 1.807) is 43.3 Å². The number of amides is 1. The zero-order valence-corrected chi connectivity index (χ0v) is 17.6. The Bertz CT molecular complexity index is 987. The molecule has 0 heterocycles. The molecule has 154 valence electrons. The van der Waals surface area contributed by atoms with E-state index in [2.05, 4.69) is 11.7 Å². The average molecular weight is 437 g/mol. The molecule has 0 saturated carbocycles. The summed E-state index contributed by atoms with van der Waals surface area (Å²) in [6, 6.07) is 13.2. The van der Waals surface area contributed by atoms with Gasteiger partial charge in [-0.15, -0.1) is 6.58 Å². The first-order valence-electron chi connectivity index (χ1n) is 8.63. The zero-order valence-electron chi connectivity index (χ0n) is 16.0. The molecule has 9 heteroatoms. The van der Waals surface area contributed by atoms with E-state index < -0.39 is 16.2 Å². The van der Waals surface area contributed by atoms with Crippen molar-refractivity contribution in [1.82, 2.24) is 5.01 Å². The van der Waals surface area contributed by atoms with Crippen LogP contribution in [-0.4, -0.2) is 44.6 Å². The molecule has 2 rings (SSSR count). The molecule has 0 atom stereocenters. The van der Waals surface area contributed by atoms with E-state index in [4.69, 9.17) is 20.5 Å². The first kappa shape index (κ1) is 22.4. The van der Waals surface area contributed by atoms with Gasteiger partial charge in [0.2, 0.25) is 0 Å². The summed E-state index contributed by atoms with van der Waals surface area (Å²) in [5.74, 6) is 0.167. The maximum atomic E-state index is 12.2. The minimum Gasteiger partial charge on any atom is -0.448 e. The van der Waals surface area contributed by atoms with Crippen molar-refractivity contribution in [2.75, 3.05) is 19.4 Å². The third-order valence-corrected chi connectivity index (χ3v) is 4.24. The second kappa shape index (κ2) is 10.1. The Kier molecular flexibility index (Phi) is 7.81. The molecular formula is C20H21ClN2O5S. The lowest BCUT2D eigenvalue weighted by molar-refractivity contribution is 0.113. The second-order valence-electron chi connectivity index (χ2n) is 5.84. The van der Waals surface area contributed by atoms with Gasteiger partial charge in [0, 0.05) is 16.1 Å². The van der Waals surface area contributed by atoms with Crippen molar-refractivity contribution in [2.24, 2.45) is 5.10 Å². The van der Waals surface area contributed by atoms with Crippen LogP contribution in [0.4, 0.5) is 4.79 Å². The summed E-state index contributed by atoms with van der Waals surface area (Å²) in [4.78, 5) is 12.2. The number of hydrazone groups is 1. The maximum Gasteiger partial charge on any atom is 0.430 e. The predicted molar refractivity (Wildman–Crippen MR) is 113 cm³/mol. The highest BCUT2D eigenvalue weighted by atomic mass is 35.5. The molecule has 0 aromatic heterocycles. The van der Waals surface area contributed by atoms with Crippen LogP contribution in [0.25, 0.3) is 0 Å². The largest absolute Gasteiger partial charge is 0.448 e. The Hall–Kier alpha value is -2.84. The van der Waals surface area contributed by atoms with Crippen LogP contribution in [0.3, 0.4) is 0 Å². The third kappa shape index (κ3) is 6.92. The normalized spacial score (nSPS) is 11.6. The number of halogens is 1. The maximum absolute atomic E-state index is 12.2. The van der Waals surface area contributed by atoms with Crippen LogP contribution in [0.1, 0.15) is 18.1 Å². The van der Waals surface area contributed by atoms with Crippen LogP contribution in [0, 0.1) is 0 Å². The summed E-state index contributed by atoms with van der Waals surface area (Å²) in [6.07, 6.45) is 1.88. The monoisotopic (exact) mass is 436 g/mol. The van der Waals surface area contributed by atoms with Crippen molar-refractivity contribution in [1.29, 1.82) is 0 Å². The van der Waals surface area contributed by atoms with E-state index >= 15 is 0 Å². The van der Waals surface area contributed by atoms with Crippen LogP contribution in [-0.2, 0) is 14.9 Å². The van der Waals surface area contributed by atoms with Crippen LogP contribution >= 0.6 is 11.6 Å². The van der Waals surface area contributed by atoms with E-state index in [1.807, 2.05) is 0 Å². The summed E-state index contributed by atoms with van der Waals surface area (Å²) in [6.45, 7) is 5.69. The molecule has 0 radical (unpaired) electrons. The standard InChI is InChI=1S/C20H21ClN2O5S/c1-4-14-23(20(24)27-5-2)22-19(15-6-10-17(21)11-7-15)16-8-12-18(13-9-16)28-29(3,25)26/h4,6-13H,1,5,14H2,2-3H3. The van der Waals surface area contributed by atoms with Crippen molar-refractivity contribution in [3.63, 3.8) is 0 Å². The lowest BCUT2D eigenvalue weighted by atomic mass is 10.0. The molecule has 7 nitrogen and oxygen atoms in total. The fourth-order valence-electron chi connectivity index (χ4n) is 2.33. The van der Waals surface area contributed by atoms with E-state index in [0.29, 0.717) is 21.9 Å². The van der Waals surface area contributed by atoms with Gasteiger partial charge in [0.15, 0.2) is 0 Å². The Morgan fingerprint density at radius 3 is 2.17 bits per heavy atom. The highest BCUT2D eigenvalue weighted by molar-refractivity contribution is 7.86. The molecule has 0 aliphatic carbocycles. The highest BCUT2D eigenvalue weighted by Crippen LogP contribution is 2.19. The number of rotatable bonds is 8. The van der Waals surface area contributed by atoms with E-state index in [-0.39, 0.29) is 18.9 Å². The summed E-state index contributed by atoms with van der Waals surface area (Å²) < 4.78 is 32.5. The molecule has 2 aromatic carbocycles. The lowest BCUT2D eigenvalue weighted by Crippen LogP contribution is -2.28. The molecule has 0 unspecified atom stereocenters. The fourth-order valence-corrected chi connectivity index (χ4v) is 2.92. The minimum atomic E-state index is -3.64. The van der Waals surface area contributed by atoms with Crippen LogP contribution < -0.4 is 4.18 Å². The van der Waals surface area contributed by atoms with E-state index in [1.165, 1.54) is 18.2 Å². The van der Waals surface area contributed by atoms with E-state index in [9.17, 15) is 13.2 Å². The zero-order chi connectivity index (χ0) is 21.4. The molecule has 0 saturated heterocycles. The van der Waals surface area contributed by atoms with Gasteiger partial charge in [0.25, 0.3) is 0 Å². The molecule has 29 heavy (non-hydrogen) atoms. The summed E-state index contributed by atoms with van der Waals surface area (Å²) in [7, 11) is -3.64. The van der Waals surface area contributed by atoms with Crippen molar-refractivity contribution >= 4 is 33.5 Å². The Balaban J connectivity index is 2.50. The van der Waals surface area contributed by atoms with Gasteiger partial charge in [-0.2, -0.15) is 18.5 Å². The predicted octanol–water partition coefficient (Wildman–Crippen LogP) is 4.08. The molecule has 0 spiro atoms. The summed E-state index contributed by atoms with van der Waals surface area (Å²) in [5, 5.41) is 6.17. The van der Waals surface area contributed by atoms with Crippen LogP contribution in [0.2, 0.25) is 5.02 Å². The third-order valence-electron chi connectivity index (χ3n) is 3.49. The first-order chi connectivity index (χ1) is 13.7. The van der Waals surface area contributed by atoms with Gasteiger partial charge in [0.1, 0.15) is 5.75 Å². The summed E-state index contributed by atoms with van der Waals surface area (Å²) >= 11 is 5.98. The number of hydrogen-bond donors (Lipinski definition) is 0. The number of hydrogen-bond acceptors (Lipinski definition) is 6. The number of nitrogens with zero attached hydrogens (tertiary/aromatic N) is 2. The molecule has 0 aliphatic heterocycles. The minimum absolute atomic E-state index is 0.144. The molecule has 0 bridgehead atoms. The molecule has 1 amide bonds. The molecule has 0 N–H and O–H groups in total. The molecule has 0 aliphatic rings. The van der Waals surface area contributed by atoms with Crippen LogP contribution in [0.15, 0.2) is 66.3 Å². The summed E-state index contributed by atoms with van der Waals surface area (Å²) in [5.41, 5.74) is 1.79. The van der Waals surface area contributed by atoms with Gasteiger partial charge in [0.05, 0.1) is 25.1 Å². The topological polar surface area (TPSA) is 85.3 Å². The van der Waals surface area contributed by atoms with Gasteiger partial charge in [-0.25, -0.2) is 4.79 Å². The SMILES string of the molecule is C=CCN(N=C(c1ccc(Cl)cc1)c1ccc(OS(C)(=O)=O)cc1)C(=O)OCC. The Labute approximate surface area is 175 Å². The Morgan fingerprint density at radius 2 is 1.69 bits per heavy atom. The lowest BCUT2D eigenvalue weighted by Gasteiger charge is -2.17. The van der Waals surface area contributed by atoms with E-state index in [0.717, 1.165) is 11.3 Å². The molecular weight excluding hydrogens is 416 g/mol. The Morgan fingerprint density at radius 1 is 1.14 bits per heavy atom. The van der Waals surface area contributed by atoms with Crippen LogP contribution in [0.5, 0.6) is 5.75 Å². The highest BCUT2D eigenvalue weighted by Gasteiger charge is 2.16. The van der Waals surface area contributed by atoms with Gasteiger partial charge < -0.3 is 8.92 Å². The van der Waals surface area contributed by atoms with Gasteiger partial charge in [-0.1, -0.05) is 29.8 Å². The number of ether oxygens (including phenoxy) is 1. The number of carbonyl (C=O) groups is 1. The van der Waals surface area contributed by atoms with Gasteiger partial charge in [-0.3, -0.25) is 0 Å². The second-order valence-corrected chi connectivity index (χ2v) is 7.85. The van der Waals surface area contributed by atoms with Crippen molar-refractivity contribution in [2.45, 2.75) is 6.92 Å². The first-order valence-corrected chi connectivity index (χ1v) is 10.8. The van der Waals surface area contributed by atoms with Crippen molar-refractivity contribution in [3.8, 4) is 5.75 Å². The van der Waals surface area contributed by atoms with Crippen molar-refractivity contribution in [3.05, 3.63) is 77.3 Å². The molecule has 2 aromatic rings. The van der Waals surface area contributed by atoms with Gasteiger partial charge in [-0.05, 0) is 43.3 Å². The quantitative estimate of drug-likeness (QED) is 0.269. The van der Waals surface area contributed by atoms with Crippen molar-refractivity contribution < 1.29 is 22.1 Å². The average Bonchev–Trinajstić information content (AvgIpc) is 2.66. The smallest absolute Gasteiger partial charge is 0.430 e. The number of carbonyl (C=O) groups excluding carboxylic acids is 1. The number of benzene rings is 2. The molecule has 0 fully saturated rings. The van der Waals surface area contributed by atoms with Gasteiger partial charge >= 0.3 is 16.2 Å². The fraction of sp³-hybridized carbons (Fsp3) is 0.200.